The second-order valence-electron chi connectivity index (χ2n) is 6.49. The summed E-state index contributed by atoms with van der Waals surface area (Å²) in [5, 5.41) is 3.93. The largest absolute Gasteiger partial charge is 0.487 e. The van der Waals surface area contributed by atoms with E-state index in [-0.39, 0.29) is 10.9 Å². The summed E-state index contributed by atoms with van der Waals surface area (Å²) in [5.74, 6) is 1.05. The molecule has 3 rings (SSSR count). The van der Waals surface area contributed by atoms with E-state index in [0.717, 1.165) is 25.1 Å². The number of ether oxygens (including phenoxy) is 1. The van der Waals surface area contributed by atoms with Gasteiger partial charge >= 0.3 is 0 Å². The van der Waals surface area contributed by atoms with Crippen LogP contribution in [0.25, 0.3) is 0 Å². The highest BCUT2D eigenvalue weighted by Gasteiger charge is 2.45. The van der Waals surface area contributed by atoms with Gasteiger partial charge in [0.25, 0.3) is 0 Å². The standard InChI is InChI=1S/C17H25NO2S/c1-13(21(2)19)8-11-18-15-12-17(9-5-10-17)20-16-7-4-3-6-14(15)16/h3-4,6-7,13,15,18H,5,8-12H2,1-2H3/t13-,15-,21-/m1/s1. The molecule has 1 aliphatic carbocycles. The van der Waals surface area contributed by atoms with Gasteiger partial charge in [-0.25, -0.2) is 0 Å². The van der Waals surface area contributed by atoms with Gasteiger partial charge in [0, 0.05) is 40.3 Å². The fraction of sp³-hybridized carbons (Fsp3) is 0.647. The normalized spacial score (nSPS) is 25.5. The summed E-state index contributed by atoms with van der Waals surface area (Å²) in [6, 6.07) is 8.76. The summed E-state index contributed by atoms with van der Waals surface area (Å²) < 4.78 is 17.7. The minimum absolute atomic E-state index is 0.0746. The third-order valence-electron chi connectivity index (χ3n) is 4.97. The van der Waals surface area contributed by atoms with Crippen LogP contribution in [0.1, 0.15) is 50.6 Å². The molecule has 1 spiro atoms. The first kappa shape index (κ1) is 15.0. The SMILES string of the molecule is C[C@H](CCN[C@@H]1CC2(CCC2)Oc2ccccc21)[S@@](C)=O. The van der Waals surface area contributed by atoms with E-state index in [1.165, 1.54) is 24.8 Å². The van der Waals surface area contributed by atoms with Crippen molar-refractivity contribution in [2.24, 2.45) is 0 Å². The van der Waals surface area contributed by atoms with Crippen LogP contribution in [-0.2, 0) is 10.8 Å². The molecule has 1 aromatic rings. The minimum Gasteiger partial charge on any atom is -0.487 e. The van der Waals surface area contributed by atoms with Crippen molar-refractivity contribution in [3.05, 3.63) is 29.8 Å². The molecule has 0 saturated heterocycles. The molecule has 1 saturated carbocycles. The molecule has 116 valence electrons. The highest BCUT2D eigenvalue weighted by atomic mass is 32.2. The Morgan fingerprint density at radius 1 is 1.43 bits per heavy atom. The second kappa shape index (κ2) is 6.09. The molecule has 3 atom stereocenters. The van der Waals surface area contributed by atoms with Crippen LogP contribution in [0.5, 0.6) is 5.75 Å². The van der Waals surface area contributed by atoms with Crippen molar-refractivity contribution < 1.29 is 8.95 Å². The van der Waals surface area contributed by atoms with E-state index in [1.807, 2.05) is 0 Å². The molecular weight excluding hydrogens is 282 g/mol. The molecule has 0 bridgehead atoms. The van der Waals surface area contributed by atoms with Crippen LogP contribution in [-0.4, -0.2) is 27.9 Å². The van der Waals surface area contributed by atoms with Gasteiger partial charge in [0.1, 0.15) is 11.4 Å². The molecule has 0 amide bonds. The van der Waals surface area contributed by atoms with Crippen LogP contribution in [0.4, 0.5) is 0 Å². The maximum absolute atomic E-state index is 11.4. The number of rotatable bonds is 5. The molecule has 0 unspecified atom stereocenters. The van der Waals surface area contributed by atoms with Crippen molar-refractivity contribution in [1.82, 2.24) is 5.32 Å². The highest BCUT2D eigenvalue weighted by Crippen LogP contribution is 2.48. The maximum Gasteiger partial charge on any atom is 0.124 e. The zero-order valence-electron chi connectivity index (χ0n) is 12.9. The predicted molar refractivity (Wildman–Crippen MR) is 87.2 cm³/mol. The van der Waals surface area contributed by atoms with Crippen LogP contribution < -0.4 is 10.1 Å². The van der Waals surface area contributed by atoms with Crippen molar-refractivity contribution in [2.45, 2.75) is 55.9 Å². The summed E-state index contributed by atoms with van der Waals surface area (Å²) in [6.45, 7) is 2.97. The van der Waals surface area contributed by atoms with Crippen LogP contribution in [0, 0.1) is 0 Å². The summed E-state index contributed by atoms with van der Waals surface area (Å²) in [4.78, 5) is 0. The zero-order valence-corrected chi connectivity index (χ0v) is 13.7. The van der Waals surface area contributed by atoms with Crippen molar-refractivity contribution in [3.63, 3.8) is 0 Å². The average Bonchev–Trinajstić information content (AvgIpc) is 2.45. The lowest BCUT2D eigenvalue weighted by Gasteiger charge is -2.48. The third-order valence-corrected chi connectivity index (χ3v) is 6.34. The molecule has 4 heteroatoms. The molecule has 1 N–H and O–H groups in total. The van der Waals surface area contributed by atoms with Gasteiger partial charge in [-0.1, -0.05) is 25.1 Å². The molecule has 0 radical (unpaired) electrons. The molecule has 3 nitrogen and oxygen atoms in total. The van der Waals surface area contributed by atoms with Gasteiger partial charge in [-0.3, -0.25) is 4.21 Å². The quantitative estimate of drug-likeness (QED) is 0.908. The number of nitrogens with one attached hydrogen (secondary N) is 1. The number of benzene rings is 1. The van der Waals surface area contributed by atoms with Crippen molar-refractivity contribution in [2.75, 3.05) is 12.8 Å². The number of para-hydroxylation sites is 1. The first-order valence-electron chi connectivity index (χ1n) is 7.93. The first-order chi connectivity index (χ1) is 10.1. The fourth-order valence-electron chi connectivity index (χ4n) is 3.30. The molecule has 1 aliphatic heterocycles. The fourth-order valence-corrected chi connectivity index (χ4v) is 3.75. The van der Waals surface area contributed by atoms with Gasteiger partial charge in [0.2, 0.25) is 0 Å². The lowest BCUT2D eigenvalue weighted by Crippen LogP contribution is -2.49. The summed E-state index contributed by atoms with van der Waals surface area (Å²) >= 11 is 0. The van der Waals surface area contributed by atoms with E-state index in [1.54, 1.807) is 6.26 Å². The van der Waals surface area contributed by atoms with Gasteiger partial charge in [-0.05, 0) is 38.3 Å². The van der Waals surface area contributed by atoms with E-state index in [0.29, 0.717) is 6.04 Å². The Kier molecular flexibility index (Phi) is 4.36. The van der Waals surface area contributed by atoms with E-state index in [4.69, 9.17) is 4.74 Å². The van der Waals surface area contributed by atoms with Crippen molar-refractivity contribution in [1.29, 1.82) is 0 Å². The van der Waals surface area contributed by atoms with Gasteiger partial charge in [-0.15, -0.1) is 0 Å². The molecule has 21 heavy (non-hydrogen) atoms. The monoisotopic (exact) mass is 307 g/mol. The lowest BCUT2D eigenvalue weighted by atomic mass is 9.73. The van der Waals surface area contributed by atoms with Crippen molar-refractivity contribution in [3.8, 4) is 5.75 Å². The minimum atomic E-state index is -0.732. The Morgan fingerprint density at radius 2 is 2.19 bits per heavy atom. The number of hydrogen-bond donors (Lipinski definition) is 1. The van der Waals surface area contributed by atoms with E-state index in [9.17, 15) is 4.21 Å². The second-order valence-corrected chi connectivity index (χ2v) is 8.29. The number of hydrogen-bond acceptors (Lipinski definition) is 3. The Balaban J connectivity index is 1.67. The third kappa shape index (κ3) is 3.16. The first-order valence-corrected chi connectivity index (χ1v) is 9.55. The van der Waals surface area contributed by atoms with Crippen molar-refractivity contribution >= 4 is 10.8 Å². The van der Waals surface area contributed by atoms with Crippen LogP contribution in [0.3, 0.4) is 0 Å². The van der Waals surface area contributed by atoms with Gasteiger partial charge in [-0.2, -0.15) is 0 Å². The Labute approximate surface area is 129 Å². The Bertz CT molecular complexity index is 527. The van der Waals surface area contributed by atoms with E-state index in [2.05, 4.69) is 36.5 Å². The summed E-state index contributed by atoms with van der Waals surface area (Å²) in [6.07, 6.45) is 7.44. The smallest absolute Gasteiger partial charge is 0.124 e. The molecule has 1 fully saturated rings. The molecule has 1 heterocycles. The molecular formula is C17H25NO2S. The van der Waals surface area contributed by atoms with Crippen LogP contribution >= 0.6 is 0 Å². The summed E-state index contributed by atoms with van der Waals surface area (Å²) in [5.41, 5.74) is 1.35. The van der Waals surface area contributed by atoms with Gasteiger partial charge in [0.05, 0.1) is 0 Å². The summed E-state index contributed by atoms with van der Waals surface area (Å²) in [7, 11) is -0.732. The van der Waals surface area contributed by atoms with Gasteiger partial charge in [0.15, 0.2) is 0 Å². The zero-order chi connectivity index (χ0) is 14.9. The molecule has 0 aromatic heterocycles. The molecule has 2 aliphatic rings. The van der Waals surface area contributed by atoms with Crippen LogP contribution in [0.2, 0.25) is 0 Å². The lowest BCUT2D eigenvalue weighted by molar-refractivity contribution is -0.0368. The highest BCUT2D eigenvalue weighted by molar-refractivity contribution is 7.84. The predicted octanol–water partition coefficient (Wildman–Crippen LogP) is 3.18. The van der Waals surface area contributed by atoms with E-state index >= 15 is 0 Å². The Morgan fingerprint density at radius 3 is 2.86 bits per heavy atom. The maximum atomic E-state index is 11.4. The van der Waals surface area contributed by atoms with Crippen LogP contribution in [0.15, 0.2) is 24.3 Å². The van der Waals surface area contributed by atoms with Gasteiger partial charge < -0.3 is 10.1 Å². The van der Waals surface area contributed by atoms with E-state index < -0.39 is 10.8 Å². The average molecular weight is 307 g/mol. The molecule has 1 aromatic carbocycles. The Hall–Kier alpha value is -0.870. The number of fused-ring (bicyclic) bond motifs is 1. The topological polar surface area (TPSA) is 38.3 Å².